The number of rotatable bonds is 10. The second-order valence-corrected chi connectivity index (χ2v) is 11.1. The Morgan fingerprint density at radius 2 is 1.36 bits per heavy atom. The third-order valence-corrected chi connectivity index (χ3v) is 8.04. The second-order valence-electron chi connectivity index (χ2n) is 9.93. The molecule has 0 spiro atoms. The summed E-state index contributed by atoms with van der Waals surface area (Å²) < 4.78 is 8.00. The number of non-ortho nitro benzene ring substituents is 1. The van der Waals surface area contributed by atoms with E-state index < -0.39 is 0 Å². The molecular formula is C37H29N3O3S. The van der Waals surface area contributed by atoms with Crippen LogP contribution >= 0.6 is 11.8 Å². The third kappa shape index (κ3) is 6.48. The van der Waals surface area contributed by atoms with Crippen molar-refractivity contribution in [3.05, 3.63) is 155 Å². The molecule has 7 heteroatoms. The molecule has 0 unspecified atom stereocenters. The van der Waals surface area contributed by atoms with Gasteiger partial charge >= 0.3 is 0 Å². The summed E-state index contributed by atoms with van der Waals surface area (Å²) in [7, 11) is 0. The molecule has 0 radical (unpaired) electrons. The van der Waals surface area contributed by atoms with Gasteiger partial charge < -0.3 is 9.30 Å². The van der Waals surface area contributed by atoms with Crippen LogP contribution in [0, 0.1) is 10.1 Å². The summed E-state index contributed by atoms with van der Waals surface area (Å²) in [6.07, 6.45) is 1.93. The monoisotopic (exact) mass is 595 g/mol. The maximum absolute atomic E-state index is 11.0. The van der Waals surface area contributed by atoms with Gasteiger partial charge in [0.05, 0.1) is 28.6 Å². The first-order chi connectivity index (χ1) is 21.6. The van der Waals surface area contributed by atoms with E-state index in [1.807, 2.05) is 61.7 Å². The van der Waals surface area contributed by atoms with Gasteiger partial charge in [0.2, 0.25) is 0 Å². The highest BCUT2D eigenvalue weighted by molar-refractivity contribution is 7.99. The first-order valence-electron chi connectivity index (χ1n) is 14.3. The van der Waals surface area contributed by atoms with E-state index in [2.05, 4.69) is 71.3 Å². The van der Waals surface area contributed by atoms with Gasteiger partial charge in [-0.05, 0) is 84.8 Å². The van der Waals surface area contributed by atoms with Crippen LogP contribution in [0.25, 0.3) is 28.2 Å². The lowest BCUT2D eigenvalue weighted by atomic mass is 10.1. The summed E-state index contributed by atoms with van der Waals surface area (Å²) in [5, 5.41) is 11.0. The Morgan fingerprint density at radius 3 is 1.95 bits per heavy atom. The Kier molecular flexibility index (Phi) is 8.66. The summed E-state index contributed by atoms with van der Waals surface area (Å²) in [5.41, 5.74) is 7.22. The number of nitro benzene ring substituents is 1. The van der Waals surface area contributed by atoms with E-state index in [0.717, 1.165) is 55.0 Å². The van der Waals surface area contributed by atoms with Crippen molar-refractivity contribution in [3.8, 4) is 34.0 Å². The van der Waals surface area contributed by atoms with E-state index in [4.69, 9.17) is 9.73 Å². The van der Waals surface area contributed by atoms with E-state index in [-0.39, 0.29) is 10.6 Å². The molecule has 6 rings (SSSR count). The molecule has 0 aliphatic rings. The van der Waals surface area contributed by atoms with Gasteiger partial charge in [0.15, 0.2) is 0 Å². The van der Waals surface area contributed by atoms with Crippen molar-refractivity contribution < 1.29 is 9.66 Å². The smallest absolute Gasteiger partial charge is 0.269 e. The predicted octanol–water partition coefficient (Wildman–Crippen LogP) is 10.0. The Bertz CT molecular complexity index is 1880. The standard InChI is InChI=1S/C37H29N3O3S/c1-2-43-33-19-15-31(16-20-33)39-36(27-9-5-3-6-10-27)25-29(37(39)28-11-7-4-8-12-28)26-38-30-13-21-34(22-14-30)44-35-23-17-32(18-24-35)40(41)42/h3-26H,2H2,1H3. The molecule has 0 N–H and O–H groups in total. The van der Waals surface area contributed by atoms with Gasteiger partial charge in [-0.3, -0.25) is 15.1 Å². The molecule has 0 saturated heterocycles. The van der Waals surface area contributed by atoms with Crippen LogP contribution in [0.3, 0.4) is 0 Å². The number of aliphatic imine (C=N–C) groups is 1. The van der Waals surface area contributed by atoms with E-state index in [1.54, 1.807) is 23.9 Å². The largest absolute Gasteiger partial charge is 0.494 e. The van der Waals surface area contributed by atoms with Crippen LogP contribution in [-0.4, -0.2) is 22.3 Å². The summed E-state index contributed by atoms with van der Waals surface area (Å²) >= 11 is 1.55. The molecule has 5 aromatic carbocycles. The van der Waals surface area contributed by atoms with Gasteiger partial charge in [0.1, 0.15) is 5.75 Å². The van der Waals surface area contributed by atoms with Gasteiger partial charge in [0.25, 0.3) is 5.69 Å². The minimum absolute atomic E-state index is 0.0840. The molecule has 0 amide bonds. The average Bonchev–Trinajstić information content (AvgIpc) is 3.45. The maximum Gasteiger partial charge on any atom is 0.269 e. The number of aromatic nitrogens is 1. The first kappa shape index (κ1) is 28.7. The van der Waals surface area contributed by atoms with Crippen molar-refractivity contribution in [1.82, 2.24) is 4.57 Å². The van der Waals surface area contributed by atoms with Crippen molar-refractivity contribution in [3.63, 3.8) is 0 Å². The molecule has 0 fully saturated rings. The highest BCUT2D eigenvalue weighted by Gasteiger charge is 2.19. The molecule has 44 heavy (non-hydrogen) atoms. The molecule has 6 nitrogen and oxygen atoms in total. The highest BCUT2D eigenvalue weighted by Crippen LogP contribution is 2.36. The summed E-state index contributed by atoms with van der Waals surface area (Å²) in [6, 6.07) is 45.7. The number of nitrogens with zero attached hydrogens (tertiary/aromatic N) is 3. The lowest BCUT2D eigenvalue weighted by Gasteiger charge is -2.15. The minimum Gasteiger partial charge on any atom is -0.494 e. The number of ether oxygens (including phenoxy) is 1. The SMILES string of the molecule is CCOc1ccc(-n2c(-c3ccccc3)cc(C=Nc3ccc(Sc4ccc([N+](=O)[O-])cc4)cc3)c2-c2ccccc2)cc1. The Labute approximate surface area is 260 Å². The summed E-state index contributed by atoms with van der Waals surface area (Å²) in [5.74, 6) is 0.836. The summed E-state index contributed by atoms with van der Waals surface area (Å²) in [6.45, 7) is 2.60. The molecule has 0 bridgehead atoms. The molecular weight excluding hydrogens is 566 g/mol. The Hall–Kier alpha value is -5.40. The van der Waals surface area contributed by atoms with Crippen LogP contribution < -0.4 is 4.74 Å². The summed E-state index contributed by atoms with van der Waals surface area (Å²) in [4.78, 5) is 17.4. The Balaban J connectivity index is 1.37. The minimum atomic E-state index is -0.389. The molecule has 0 saturated carbocycles. The predicted molar refractivity (Wildman–Crippen MR) is 179 cm³/mol. The first-order valence-corrected chi connectivity index (χ1v) is 15.1. The zero-order valence-corrected chi connectivity index (χ0v) is 24.9. The van der Waals surface area contributed by atoms with E-state index in [0.29, 0.717) is 6.61 Å². The lowest BCUT2D eigenvalue weighted by Crippen LogP contribution is -2.01. The van der Waals surface area contributed by atoms with Gasteiger partial charge in [-0.1, -0.05) is 72.4 Å². The fraction of sp³-hybridized carbons (Fsp3) is 0.0541. The van der Waals surface area contributed by atoms with Crippen molar-refractivity contribution in [2.45, 2.75) is 16.7 Å². The normalized spacial score (nSPS) is 11.1. The maximum atomic E-state index is 11.0. The molecule has 0 aliphatic heterocycles. The van der Waals surface area contributed by atoms with Crippen LogP contribution in [0.5, 0.6) is 5.75 Å². The van der Waals surface area contributed by atoms with Crippen molar-refractivity contribution >= 4 is 29.4 Å². The van der Waals surface area contributed by atoms with Gasteiger partial charge in [0, 0.05) is 39.4 Å². The number of hydrogen-bond donors (Lipinski definition) is 0. The molecule has 6 aromatic rings. The van der Waals surface area contributed by atoms with Gasteiger partial charge in [-0.15, -0.1) is 0 Å². The van der Waals surface area contributed by atoms with E-state index in [1.165, 1.54) is 12.1 Å². The van der Waals surface area contributed by atoms with Gasteiger partial charge in [-0.2, -0.15) is 0 Å². The number of hydrogen-bond acceptors (Lipinski definition) is 5. The van der Waals surface area contributed by atoms with Crippen LogP contribution in [0.4, 0.5) is 11.4 Å². The van der Waals surface area contributed by atoms with E-state index in [9.17, 15) is 10.1 Å². The van der Waals surface area contributed by atoms with E-state index >= 15 is 0 Å². The van der Waals surface area contributed by atoms with Crippen LogP contribution in [-0.2, 0) is 0 Å². The van der Waals surface area contributed by atoms with Crippen LogP contribution in [0.2, 0.25) is 0 Å². The average molecular weight is 596 g/mol. The zero-order valence-electron chi connectivity index (χ0n) is 24.0. The molecule has 0 atom stereocenters. The fourth-order valence-corrected chi connectivity index (χ4v) is 5.80. The van der Waals surface area contributed by atoms with Crippen molar-refractivity contribution in [2.75, 3.05) is 6.61 Å². The van der Waals surface area contributed by atoms with Crippen LogP contribution in [0.15, 0.2) is 154 Å². The van der Waals surface area contributed by atoms with Crippen molar-refractivity contribution in [2.24, 2.45) is 4.99 Å². The molecule has 1 heterocycles. The fourth-order valence-electron chi connectivity index (χ4n) is 4.98. The molecule has 1 aromatic heterocycles. The van der Waals surface area contributed by atoms with Crippen LogP contribution in [0.1, 0.15) is 12.5 Å². The number of nitro groups is 1. The third-order valence-electron chi connectivity index (χ3n) is 7.03. The zero-order chi connectivity index (χ0) is 30.3. The topological polar surface area (TPSA) is 69.7 Å². The second kappa shape index (κ2) is 13.3. The van der Waals surface area contributed by atoms with Crippen molar-refractivity contribution in [1.29, 1.82) is 0 Å². The number of benzene rings is 5. The van der Waals surface area contributed by atoms with Gasteiger partial charge in [-0.25, -0.2) is 0 Å². The molecule has 0 aliphatic carbocycles. The lowest BCUT2D eigenvalue weighted by molar-refractivity contribution is -0.384. The quantitative estimate of drug-likeness (QED) is 0.0898. The molecule has 216 valence electrons. The highest BCUT2D eigenvalue weighted by atomic mass is 32.2. The Morgan fingerprint density at radius 1 is 0.773 bits per heavy atom.